The van der Waals surface area contributed by atoms with Crippen LogP contribution in [0.25, 0.3) is 0 Å². The summed E-state index contributed by atoms with van der Waals surface area (Å²) in [6.07, 6.45) is 0. The molecule has 0 aromatic carbocycles. The highest BCUT2D eigenvalue weighted by atomic mass is 16.2. The lowest BCUT2D eigenvalue weighted by molar-refractivity contribution is 0.240. The van der Waals surface area contributed by atoms with Crippen molar-refractivity contribution in [2.45, 2.75) is 0 Å². The number of carbonyl (C=O) groups is 1. The largest absolute Gasteiger partial charge is 0.326 e. The zero-order chi connectivity index (χ0) is 7.11. The average molecular weight is 132 g/mol. The van der Waals surface area contributed by atoms with Gasteiger partial charge in [-0.25, -0.2) is 4.79 Å². The summed E-state index contributed by atoms with van der Waals surface area (Å²) in [5.74, 6) is 0. The lowest BCUT2D eigenvalue weighted by atomic mass is 10.8. The van der Waals surface area contributed by atoms with Gasteiger partial charge >= 0.3 is 6.03 Å². The maximum absolute atomic E-state index is 10.5. The number of nitrogens with two attached hydrogens (primary N) is 1. The first-order chi connectivity index (χ1) is 4.31. The number of hydrogen-bond donors (Lipinski definition) is 4. The molecule has 0 unspecified atom stereocenters. The first-order valence-corrected chi connectivity index (χ1v) is 2.67. The monoisotopic (exact) mass is 132 g/mol. The van der Waals surface area contributed by atoms with Crippen LogP contribution < -0.4 is 21.7 Å². The Labute approximate surface area is 54.0 Å². The minimum absolute atomic E-state index is 0.162. The van der Waals surface area contributed by atoms with Gasteiger partial charge in [0.25, 0.3) is 0 Å². The molecule has 0 rings (SSSR count). The molecule has 0 aliphatic heterocycles. The van der Waals surface area contributed by atoms with Crippen LogP contribution in [0.5, 0.6) is 0 Å². The second-order valence-electron chi connectivity index (χ2n) is 1.42. The SMILES string of the molecule is CNCNC(=O)NCN. The highest BCUT2D eigenvalue weighted by Crippen LogP contribution is 1.56. The fourth-order valence-electron chi connectivity index (χ4n) is 0.324. The van der Waals surface area contributed by atoms with Gasteiger partial charge in [-0.1, -0.05) is 0 Å². The Morgan fingerprint density at radius 1 is 1.56 bits per heavy atom. The molecule has 5 nitrogen and oxygen atoms in total. The molecular formula is C4H12N4O. The number of carbonyl (C=O) groups excluding carboxylic acids is 1. The van der Waals surface area contributed by atoms with E-state index in [1.54, 1.807) is 7.05 Å². The van der Waals surface area contributed by atoms with E-state index in [0.717, 1.165) is 0 Å². The first-order valence-electron chi connectivity index (χ1n) is 2.67. The molecule has 0 heterocycles. The smallest absolute Gasteiger partial charge is 0.316 e. The summed E-state index contributed by atoms with van der Waals surface area (Å²) in [6, 6.07) is -0.258. The highest BCUT2D eigenvalue weighted by Gasteiger charge is 1.91. The number of rotatable bonds is 3. The molecule has 9 heavy (non-hydrogen) atoms. The van der Waals surface area contributed by atoms with Crippen molar-refractivity contribution in [3.63, 3.8) is 0 Å². The molecule has 0 fully saturated rings. The lowest BCUT2D eigenvalue weighted by Crippen LogP contribution is -2.41. The predicted octanol–water partition coefficient (Wildman–Crippen LogP) is -1.62. The molecule has 0 saturated heterocycles. The Kier molecular flexibility index (Phi) is 4.85. The minimum atomic E-state index is -0.258. The second kappa shape index (κ2) is 5.33. The van der Waals surface area contributed by atoms with E-state index in [0.29, 0.717) is 6.67 Å². The zero-order valence-electron chi connectivity index (χ0n) is 5.40. The maximum atomic E-state index is 10.5. The summed E-state index contributed by atoms with van der Waals surface area (Å²) in [5.41, 5.74) is 5.01. The van der Waals surface area contributed by atoms with Crippen LogP contribution in [0.2, 0.25) is 0 Å². The first kappa shape index (κ1) is 8.19. The summed E-state index contributed by atoms with van der Waals surface area (Å²) < 4.78 is 0. The number of amides is 2. The van der Waals surface area contributed by atoms with Gasteiger partial charge in [0.1, 0.15) is 0 Å². The standard InChI is InChI=1S/C4H12N4O/c1-6-3-8-4(9)7-2-5/h6H,2-3,5H2,1H3,(H2,7,8,9). The third kappa shape index (κ3) is 5.05. The molecule has 54 valence electrons. The fraction of sp³-hybridized carbons (Fsp3) is 0.750. The molecule has 5 N–H and O–H groups in total. The van der Waals surface area contributed by atoms with Crippen LogP contribution in [0.1, 0.15) is 0 Å². The van der Waals surface area contributed by atoms with E-state index >= 15 is 0 Å². The number of urea groups is 1. The third-order valence-corrected chi connectivity index (χ3v) is 0.688. The quantitative estimate of drug-likeness (QED) is 0.348. The molecule has 0 saturated carbocycles. The third-order valence-electron chi connectivity index (χ3n) is 0.688. The molecule has 0 aromatic rings. The topological polar surface area (TPSA) is 79.2 Å². The van der Waals surface area contributed by atoms with Gasteiger partial charge in [0, 0.05) is 0 Å². The van der Waals surface area contributed by atoms with Crippen molar-refractivity contribution in [2.24, 2.45) is 5.73 Å². The van der Waals surface area contributed by atoms with Crippen molar-refractivity contribution in [2.75, 3.05) is 20.4 Å². The summed E-state index contributed by atoms with van der Waals surface area (Å²) in [5, 5.41) is 7.60. The van der Waals surface area contributed by atoms with Gasteiger partial charge in [-0.15, -0.1) is 0 Å². The number of hydrogen-bond acceptors (Lipinski definition) is 3. The van der Waals surface area contributed by atoms with Crippen LogP contribution in [0.4, 0.5) is 4.79 Å². The van der Waals surface area contributed by atoms with Crippen LogP contribution in [0.3, 0.4) is 0 Å². The van der Waals surface area contributed by atoms with Crippen LogP contribution in [0, 0.1) is 0 Å². The van der Waals surface area contributed by atoms with Crippen LogP contribution in [-0.2, 0) is 0 Å². The summed E-state index contributed by atoms with van der Waals surface area (Å²) in [6.45, 7) is 0.612. The molecule has 0 bridgehead atoms. The van der Waals surface area contributed by atoms with E-state index in [-0.39, 0.29) is 12.7 Å². The highest BCUT2D eigenvalue weighted by molar-refractivity contribution is 5.73. The van der Waals surface area contributed by atoms with Gasteiger partial charge in [-0.05, 0) is 7.05 Å². The van der Waals surface area contributed by atoms with Crippen LogP contribution in [0.15, 0.2) is 0 Å². The Balaban J connectivity index is 3.06. The molecule has 0 aliphatic carbocycles. The molecule has 2 amide bonds. The van der Waals surface area contributed by atoms with Crippen molar-refractivity contribution < 1.29 is 4.79 Å². The molecule has 0 atom stereocenters. The molecule has 5 heteroatoms. The Morgan fingerprint density at radius 3 is 2.67 bits per heavy atom. The van der Waals surface area contributed by atoms with Crippen molar-refractivity contribution in [1.29, 1.82) is 0 Å². The van der Waals surface area contributed by atoms with Crippen molar-refractivity contribution in [1.82, 2.24) is 16.0 Å². The van der Waals surface area contributed by atoms with Gasteiger partial charge in [0.05, 0.1) is 13.3 Å². The predicted molar refractivity (Wildman–Crippen MR) is 34.6 cm³/mol. The second-order valence-corrected chi connectivity index (χ2v) is 1.42. The summed E-state index contributed by atoms with van der Waals surface area (Å²) >= 11 is 0. The van der Waals surface area contributed by atoms with Gasteiger partial charge < -0.3 is 21.7 Å². The minimum Gasteiger partial charge on any atom is -0.326 e. The molecule has 0 spiro atoms. The van der Waals surface area contributed by atoms with Gasteiger partial charge in [-0.3, -0.25) is 0 Å². The molecule has 0 aromatic heterocycles. The van der Waals surface area contributed by atoms with E-state index in [1.807, 2.05) is 0 Å². The Hall–Kier alpha value is -0.810. The molecule has 0 aliphatic rings. The van der Waals surface area contributed by atoms with E-state index < -0.39 is 0 Å². The van der Waals surface area contributed by atoms with Crippen molar-refractivity contribution >= 4 is 6.03 Å². The molecular weight excluding hydrogens is 120 g/mol. The van der Waals surface area contributed by atoms with E-state index in [1.165, 1.54) is 0 Å². The zero-order valence-corrected chi connectivity index (χ0v) is 5.40. The normalized spacial score (nSPS) is 8.67. The Bertz CT molecular complexity index is 84.6. The summed E-state index contributed by atoms with van der Waals surface area (Å²) in [4.78, 5) is 10.5. The Morgan fingerprint density at radius 2 is 2.22 bits per heavy atom. The van der Waals surface area contributed by atoms with Gasteiger partial charge in [0.15, 0.2) is 0 Å². The van der Waals surface area contributed by atoms with Crippen LogP contribution in [-0.4, -0.2) is 26.4 Å². The molecule has 0 radical (unpaired) electrons. The maximum Gasteiger partial charge on any atom is 0.316 e. The number of nitrogens with one attached hydrogen (secondary N) is 3. The van der Waals surface area contributed by atoms with E-state index in [9.17, 15) is 4.79 Å². The van der Waals surface area contributed by atoms with Crippen LogP contribution >= 0.6 is 0 Å². The van der Waals surface area contributed by atoms with Crippen molar-refractivity contribution in [3.8, 4) is 0 Å². The average Bonchev–Trinajstić information content (AvgIpc) is 1.85. The van der Waals surface area contributed by atoms with Gasteiger partial charge in [-0.2, -0.15) is 0 Å². The van der Waals surface area contributed by atoms with E-state index in [4.69, 9.17) is 5.73 Å². The van der Waals surface area contributed by atoms with E-state index in [2.05, 4.69) is 16.0 Å². The fourth-order valence-corrected chi connectivity index (χ4v) is 0.324. The summed E-state index contributed by atoms with van der Waals surface area (Å²) in [7, 11) is 1.74. The van der Waals surface area contributed by atoms with Gasteiger partial charge in [0.2, 0.25) is 0 Å². The van der Waals surface area contributed by atoms with Crippen molar-refractivity contribution in [3.05, 3.63) is 0 Å². The lowest BCUT2D eigenvalue weighted by Gasteiger charge is -2.02.